The van der Waals surface area contributed by atoms with Crippen LogP contribution in [0.4, 0.5) is 0 Å². The van der Waals surface area contributed by atoms with Gasteiger partial charge in [-0.15, -0.1) is 11.8 Å². The summed E-state index contributed by atoms with van der Waals surface area (Å²) in [6, 6.07) is 0. The molecule has 1 aliphatic heterocycles. The lowest BCUT2D eigenvalue weighted by atomic mass is 11.1. The fourth-order valence-corrected chi connectivity index (χ4v) is 0.663. The fourth-order valence-electron chi connectivity index (χ4n) is 0.266. The van der Waals surface area contributed by atoms with Crippen LogP contribution in [0.5, 0.6) is 0 Å². The van der Waals surface area contributed by atoms with E-state index in [1.165, 1.54) is 18.0 Å². The Labute approximate surface area is 45.5 Å². The normalized spacial score (nSPS) is 21.9. The summed E-state index contributed by atoms with van der Waals surface area (Å²) >= 11 is 1.41. The molecule has 0 radical (unpaired) electrons. The van der Waals surface area contributed by atoms with Gasteiger partial charge >= 0.3 is 0 Å². The van der Waals surface area contributed by atoms with Gasteiger partial charge in [0.1, 0.15) is 6.26 Å². The highest BCUT2D eigenvalue weighted by Crippen LogP contribution is 2.10. The van der Waals surface area contributed by atoms with Gasteiger partial charge in [0.15, 0.2) is 0 Å². The monoisotopic (exact) mass is 118 g/mol. The lowest BCUT2D eigenvalue weighted by Crippen LogP contribution is -2.14. The molecule has 0 N–H and O–H groups in total. The van der Waals surface area contributed by atoms with Gasteiger partial charge in [-0.3, -0.25) is 0 Å². The van der Waals surface area contributed by atoms with Crippen molar-refractivity contribution in [3.8, 4) is 0 Å². The van der Waals surface area contributed by atoms with Crippen molar-refractivity contribution in [2.75, 3.05) is 5.88 Å². The second kappa shape index (κ2) is 2.20. The van der Waals surface area contributed by atoms with Gasteiger partial charge in [0.05, 0.1) is 5.88 Å². The van der Waals surface area contributed by atoms with Crippen molar-refractivity contribution in [1.29, 1.82) is 0 Å². The van der Waals surface area contributed by atoms with Crippen LogP contribution in [0.1, 0.15) is 0 Å². The van der Waals surface area contributed by atoms with Crippen LogP contribution in [0.3, 0.4) is 0 Å². The lowest BCUT2D eigenvalue weighted by molar-refractivity contribution is -0.0395. The molecule has 0 aliphatic carbocycles. The van der Waals surface area contributed by atoms with Crippen LogP contribution in [-0.4, -0.2) is 11.1 Å². The second-order valence-electron chi connectivity index (χ2n) is 1.01. The summed E-state index contributed by atoms with van der Waals surface area (Å²) in [5.41, 5.74) is 0. The topological polar surface area (TPSA) is 35.5 Å². The average Bonchev–Trinajstić information content (AvgIpc) is 1.69. The number of hydrogen-bond donors (Lipinski definition) is 0. The first-order valence-corrected chi connectivity index (χ1v) is 2.82. The Morgan fingerprint density at radius 1 is 1.86 bits per heavy atom. The van der Waals surface area contributed by atoms with E-state index in [9.17, 15) is 5.21 Å². The lowest BCUT2D eigenvalue weighted by Gasteiger charge is -2.26. The van der Waals surface area contributed by atoms with Gasteiger partial charge in [0.2, 0.25) is 0 Å². The Bertz CT molecular complexity index is 85.0. The van der Waals surface area contributed by atoms with E-state index in [2.05, 4.69) is 4.84 Å². The molecule has 0 amide bonds. The summed E-state index contributed by atoms with van der Waals surface area (Å²) in [6.45, 7) is 0. The van der Waals surface area contributed by atoms with Crippen molar-refractivity contribution < 1.29 is 4.84 Å². The largest absolute Gasteiger partial charge is 0.752 e. The van der Waals surface area contributed by atoms with Crippen molar-refractivity contribution in [2.24, 2.45) is 0 Å². The van der Waals surface area contributed by atoms with Crippen LogP contribution in [0.25, 0.3) is 0 Å². The van der Waals surface area contributed by atoms with Gasteiger partial charge in [-0.25, -0.2) is 5.23 Å². The van der Waals surface area contributed by atoms with Crippen molar-refractivity contribution >= 4 is 11.8 Å². The summed E-state index contributed by atoms with van der Waals surface area (Å²) < 4.78 is 0. The zero-order chi connectivity index (χ0) is 5.11. The first kappa shape index (κ1) is 4.96. The maximum Gasteiger partial charge on any atom is 0.116 e. The Morgan fingerprint density at radius 2 is 2.71 bits per heavy atom. The van der Waals surface area contributed by atoms with E-state index in [1.54, 1.807) is 5.41 Å². The molecule has 0 saturated heterocycles. The Kier molecular flexibility index (Phi) is 1.56. The van der Waals surface area contributed by atoms with Crippen LogP contribution in [0, 0.1) is 5.21 Å². The van der Waals surface area contributed by atoms with E-state index in [-0.39, 0.29) is 0 Å². The van der Waals surface area contributed by atoms with Crippen LogP contribution < -0.4 is 0 Å². The average molecular weight is 118 g/mol. The molecule has 3 nitrogen and oxygen atoms in total. The molecular formula is C3H4NO2S-. The van der Waals surface area contributed by atoms with E-state index < -0.39 is 0 Å². The van der Waals surface area contributed by atoms with Gasteiger partial charge in [0.25, 0.3) is 0 Å². The van der Waals surface area contributed by atoms with Crippen LogP contribution in [0.2, 0.25) is 0 Å². The summed E-state index contributed by atoms with van der Waals surface area (Å²) in [7, 11) is 0. The third kappa shape index (κ3) is 1.38. The third-order valence-corrected chi connectivity index (χ3v) is 1.17. The van der Waals surface area contributed by atoms with Crippen LogP contribution in [-0.2, 0) is 4.84 Å². The molecule has 0 atom stereocenters. The van der Waals surface area contributed by atoms with E-state index in [1.807, 2.05) is 0 Å². The standard InChI is InChI=1S/C3H4NO2S/c5-4-3-7-2-1-6-4/h1-2H,3H2/q-1. The number of hydroxylamine groups is 2. The highest BCUT2D eigenvalue weighted by Gasteiger charge is 1.91. The number of thioether (sulfide) groups is 1. The zero-order valence-electron chi connectivity index (χ0n) is 3.53. The molecule has 0 aromatic carbocycles. The Morgan fingerprint density at radius 3 is 3.00 bits per heavy atom. The molecule has 0 bridgehead atoms. The van der Waals surface area contributed by atoms with E-state index in [0.717, 1.165) is 0 Å². The minimum absolute atomic E-state index is 0.372. The quantitative estimate of drug-likeness (QED) is 0.473. The highest BCUT2D eigenvalue weighted by atomic mass is 32.2. The smallest absolute Gasteiger partial charge is 0.116 e. The van der Waals surface area contributed by atoms with Gasteiger partial charge < -0.3 is 10.0 Å². The summed E-state index contributed by atoms with van der Waals surface area (Å²) in [5.74, 6) is 0.372. The van der Waals surface area contributed by atoms with E-state index in [4.69, 9.17) is 0 Å². The molecule has 0 fully saturated rings. The summed E-state index contributed by atoms with van der Waals surface area (Å²) in [5, 5.41) is 12.3. The van der Waals surface area contributed by atoms with Crippen molar-refractivity contribution in [1.82, 2.24) is 5.23 Å². The SMILES string of the molecule is [O-]N1CSC=CO1. The van der Waals surface area contributed by atoms with E-state index >= 15 is 0 Å². The van der Waals surface area contributed by atoms with Crippen LogP contribution >= 0.6 is 11.8 Å². The third-order valence-electron chi connectivity index (χ3n) is 0.510. The maximum absolute atomic E-state index is 10.1. The molecule has 1 rings (SSSR count). The molecule has 0 spiro atoms. The van der Waals surface area contributed by atoms with Gasteiger partial charge in [-0.2, -0.15) is 0 Å². The Balaban J connectivity index is 2.32. The molecule has 4 heteroatoms. The predicted octanol–water partition coefficient (Wildman–Crippen LogP) is 0.893. The van der Waals surface area contributed by atoms with Crippen molar-refractivity contribution in [3.05, 3.63) is 16.9 Å². The molecule has 0 unspecified atom stereocenters. The predicted molar refractivity (Wildman–Crippen MR) is 27.9 cm³/mol. The van der Waals surface area contributed by atoms with Gasteiger partial charge in [-0.1, -0.05) is 0 Å². The first-order valence-electron chi connectivity index (χ1n) is 1.77. The van der Waals surface area contributed by atoms with Gasteiger partial charge in [-0.05, 0) is 0 Å². The second-order valence-corrected chi connectivity index (χ2v) is 1.87. The zero-order valence-corrected chi connectivity index (χ0v) is 4.35. The minimum atomic E-state index is 0.372. The Hall–Kier alpha value is -0.190. The fraction of sp³-hybridized carbons (Fsp3) is 0.333. The summed E-state index contributed by atoms with van der Waals surface area (Å²) in [4.78, 5) is 4.35. The molecule has 0 aromatic rings. The molecule has 40 valence electrons. The number of rotatable bonds is 0. The molecule has 1 heterocycles. The highest BCUT2D eigenvalue weighted by molar-refractivity contribution is 8.02. The van der Waals surface area contributed by atoms with Crippen molar-refractivity contribution in [2.45, 2.75) is 0 Å². The number of nitrogens with zero attached hydrogens (tertiary/aromatic N) is 1. The van der Waals surface area contributed by atoms with E-state index in [0.29, 0.717) is 11.1 Å². The molecular weight excluding hydrogens is 114 g/mol. The molecule has 7 heavy (non-hydrogen) atoms. The molecule has 1 aliphatic rings. The minimum Gasteiger partial charge on any atom is -0.752 e. The van der Waals surface area contributed by atoms with Crippen LogP contribution in [0.15, 0.2) is 11.7 Å². The number of hydrogen-bond acceptors (Lipinski definition) is 4. The van der Waals surface area contributed by atoms with Crippen molar-refractivity contribution in [3.63, 3.8) is 0 Å². The molecule has 0 aromatic heterocycles. The first-order chi connectivity index (χ1) is 3.39. The molecule has 0 saturated carbocycles. The van der Waals surface area contributed by atoms with Gasteiger partial charge in [0, 0.05) is 5.41 Å². The maximum atomic E-state index is 10.1. The summed E-state index contributed by atoms with van der Waals surface area (Å²) in [6.07, 6.45) is 1.36.